The van der Waals surface area contributed by atoms with Crippen LogP contribution < -0.4 is 21.3 Å². The maximum absolute atomic E-state index is 5.30. The zero-order valence-electron chi connectivity index (χ0n) is 9.47. The van der Waals surface area contributed by atoms with Crippen LogP contribution >= 0.6 is 0 Å². The molecule has 0 aliphatic carbocycles. The Morgan fingerprint density at radius 2 is 2.00 bits per heavy atom. The highest BCUT2D eigenvalue weighted by Crippen LogP contribution is 2.21. The van der Waals surface area contributed by atoms with Crippen LogP contribution in [-0.4, -0.2) is 12.1 Å². The molecule has 0 spiro atoms. The predicted molar refractivity (Wildman–Crippen MR) is 68.3 cm³/mol. The summed E-state index contributed by atoms with van der Waals surface area (Å²) in [5, 5.41) is 3.24. The van der Waals surface area contributed by atoms with E-state index < -0.39 is 0 Å². The number of hydrogen-bond acceptors (Lipinski definition) is 5. The van der Waals surface area contributed by atoms with Crippen LogP contribution in [0.4, 0.5) is 17.2 Å². The monoisotopic (exact) mass is 230 g/mol. The SMILES string of the molecule is COc1cccc(Nc2ccnc(NN)c2)c1. The standard InChI is InChI=1S/C12H14N4O/c1-17-11-4-2-3-9(7-11)15-10-5-6-14-12(8-10)16-13/h2-8H,13H2,1H3,(H2,14,15,16). The number of nitrogens with two attached hydrogens (primary N) is 1. The molecule has 0 radical (unpaired) electrons. The van der Waals surface area contributed by atoms with Gasteiger partial charge in [-0.05, 0) is 18.2 Å². The van der Waals surface area contributed by atoms with Gasteiger partial charge in [-0.25, -0.2) is 10.8 Å². The lowest BCUT2D eigenvalue weighted by Crippen LogP contribution is -2.08. The summed E-state index contributed by atoms with van der Waals surface area (Å²) >= 11 is 0. The first-order chi connectivity index (χ1) is 8.31. The molecular weight excluding hydrogens is 216 g/mol. The molecule has 0 atom stereocenters. The van der Waals surface area contributed by atoms with E-state index in [1.807, 2.05) is 36.4 Å². The second kappa shape index (κ2) is 5.18. The molecule has 4 N–H and O–H groups in total. The summed E-state index contributed by atoms with van der Waals surface area (Å²) in [5.74, 6) is 6.71. The topological polar surface area (TPSA) is 72.2 Å². The van der Waals surface area contributed by atoms with Gasteiger partial charge in [0.15, 0.2) is 0 Å². The largest absolute Gasteiger partial charge is 0.497 e. The van der Waals surface area contributed by atoms with E-state index in [1.165, 1.54) is 0 Å². The van der Waals surface area contributed by atoms with Gasteiger partial charge in [0.1, 0.15) is 11.6 Å². The smallest absolute Gasteiger partial charge is 0.141 e. The molecule has 5 heteroatoms. The van der Waals surface area contributed by atoms with Crippen molar-refractivity contribution in [2.75, 3.05) is 17.9 Å². The number of nitrogens with one attached hydrogen (secondary N) is 2. The highest BCUT2D eigenvalue weighted by Gasteiger charge is 1.98. The number of hydrazine groups is 1. The molecule has 0 amide bonds. The highest BCUT2D eigenvalue weighted by molar-refractivity contribution is 5.63. The molecule has 2 aromatic rings. The third kappa shape index (κ3) is 2.85. The number of anilines is 3. The van der Waals surface area contributed by atoms with E-state index in [9.17, 15) is 0 Å². The normalized spacial score (nSPS) is 9.76. The van der Waals surface area contributed by atoms with Gasteiger partial charge < -0.3 is 15.5 Å². The third-order valence-corrected chi connectivity index (χ3v) is 2.27. The number of hydrogen-bond donors (Lipinski definition) is 3. The molecular formula is C12H14N4O. The van der Waals surface area contributed by atoms with Crippen molar-refractivity contribution >= 4 is 17.2 Å². The molecule has 17 heavy (non-hydrogen) atoms. The Kier molecular flexibility index (Phi) is 3.42. The molecule has 0 aliphatic rings. The first-order valence-corrected chi connectivity index (χ1v) is 5.15. The average Bonchev–Trinajstić information content (AvgIpc) is 2.39. The van der Waals surface area contributed by atoms with Crippen molar-refractivity contribution < 1.29 is 4.74 Å². The first kappa shape index (κ1) is 11.2. The van der Waals surface area contributed by atoms with E-state index in [4.69, 9.17) is 10.6 Å². The van der Waals surface area contributed by atoms with Gasteiger partial charge in [0, 0.05) is 29.7 Å². The fourth-order valence-electron chi connectivity index (χ4n) is 1.45. The minimum absolute atomic E-state index is 0.609. The first-order valence-electron chi connectivity index (χ1n) is 5.15. The second-order valence-electron chi connectivity index (χ2n) is 3.43. The van der Waals surface area contributed by atoms with Crippen LogP contribution in [0.5, 0.6) is 5.75 Å². The van der Waals surface area contributed by atoms with E-state index in [0.717, 1.165) is 17.1 Å². The summed E-state index contributed by atoms with van der Waals surface area (Å²) in [6.45, 7) is 0. The zero-order valence-corrected chi connectivity index (χ0v) is 9.47. The van der Waals surface area contributed by atoms with Crippen molar-refractivity contribution in [1.29, 1.82) is 0 Å². The minimum Gasteiger partial charge on any atom is -0.497 e. The Bertz CT molecular complexity index is 456. The van der Waals surface area contributed by atoms with Crippen molar-refractivity contribution in [3.05, 3.63) is 42.6 Å². The van der Waals surface area contributed by atoms with E-state index >= 15 is 0 Å². The Morgan fingerprint density at radius 3 is 2.76 bits per heavy atom. The summed E-state index contributed by atoms with van der Waals surface area (Å²) in [5.41, 5.74) is 4.35. The number of pyridine rings is 1. The summed E-state index contributed by atoms with van der Waals surface area (Å²) in [4.78, 5) is 4.03. The number of nitrogens with zero attached hydrogens (tertiary/aromatic N) is 1. The highest BCUT2D eigenvalue weighted by atomic mass is 16.5. The van der Waals surface area contributed by atoms with Crippen molar-refractivity contribution in [2.24, 2.45) is 5.84 Å². The zero-order chi connectivity index (χ0) is 12.1. The lowest BCUT2D eigenvalue weighted by molar-refractivity contribution is 0.415. The molecule has 0 bridgehead atoms. The van der Waals surface area contributed by atoms with Crippen LogP contribution in [-0.2, 0) is 0 Å². The molecule has 0 saturated heterocycles. The predicted octanol–water partition coefficient (Wildman–Crippen LogP) is 2.12. The van der Waals surface area contributed by atoms with E-state index in [0.29, 0.717) is 5.82 Å². The molecule has 1 aromatic heterocycles. The lowest BCUT2D eigenvalue weighted by Gasteiger charge is -2.08. The van der Waals surface area contributed by atoms with Crippen molar-refractivity contribution in [2.45, 2.75) is 0 Å². The fraction of sp³-hybridized carbons (Fsp3) is 0.0833. The van der Waals surface area contributed by atoms with Gasteiger partial charge in [0.2, 0.25) is 0 Å². The van der Waals surface area contributed by atoms with Gasteiger partial charge in [0.25, 0.3) is 0 Å². The number of methoxy groups -OCH3 is 1. The van der Waals surface area contributed by atoms with Gasteiger partial charge in [-0.3, -0.25) is 0 Å². The van der Waals surface area contributed by atoms with Gasteiger partial charge in [-0.1, -0.05) is 6.07 Å². The Morgan fingerprint density at radius 1 is 1.18 bits per heavy atom. The quantitative estimate of drug-likeness (QED) is 0.554. The van der Waals surface area contributed by atoms with Gasteiger partial charge >= 0.3 is 0 Å². The Labute approximate surface area is 99.6 Å². The van der Waals surface area contributed by atoms with Gasteiger partial charge in [-0.15, -0.1) is 0 Å². The summed E-state index contributed by atoms with van der Waals surface area (Å²) < 4.78 is 5.15. The van der Waals surface area contributed by atoms with E-state index in [-0.39, 0.29) is 0 Å². The maximum atomic E-state index is 5.30. The molecule has 1 heterocycles. The van der Waals surface area contributed by atoms with Crippen LogP contribution in [0.2, 0.25) is 0 Å². The summed E-state index contributed by atoms with van der Waals surface area (Å²) in [7, 11) is 1.64. The Balaban J connectivity index is 2.18. The van der Waals surface area contributed by atoms with E-state index in [2.05, 4.69) is 15.7 Å². The van der Waals surface area contributed by atoms with Crippen LogP contribution in [0.1, 0.15) is 0 Å². The second-order valence-corrected chi connectivity index (χ2v) is 3.43. The lowest BCUT2D eigenvalue weighted by atomic mass is 10.3. The maximum Gasteiger partial charge on any atom is 0.141 e. The van der Waals surface area contributed by atoms with Crippen LogP contribution in [0.15, 0.2) is 42.6 Å². The van der Waals surface area contributed by atoms with Crippen LogP contribution in [0.3, 0.4) is 0 Å². The number of aromatic nitrogens is 1. The molecule has 2 rings (SSSR count). The fourth-order valence-corrected chi connectivity index (χ4v) is 1.45. The number of ether oxygens (including phenoxy) is 1. The van der Waals surface area contributed by atoms with Crippen molar-refractivity contribution in [3.63, 3.8) is 0 Å². The van der Waals surface area contributed by atoms with Crippen molar-refractivity contribution in [3.8, 4) is 5.75 Å². The number of rotatable bonds is 4. The van der Waals surface area contributed by atoms with Gasteiger partial charge in [-0.2, -0.15) is 0 Å². The summed E-state index contributed by atoms with van der Waals surface area (Å²) in [6.07, 6.45) is 1.68. The molecule has 0 fully saturated rings. The minimum atomic E-state index is 0.609. The average molecular weight is 230 g/mol. The van der Waals surface area contributed by atoms with Gasteiger partial charge in [0.05, 0.1) is 7.11 Å². The van der Waals surface area contributed by atoms with Crippen molar-refractivity contribution in [1.82, 2.24) is 4.98 Å². The molecule has 0 saturated carbocycles. The molecule has 1 aromatic carbocycles. The van der Waals surface area contributed by atoms with E-state index in [1.54, 1.807) is 13.3 Å². The van der Waals surface area contributed by atoms with Crippen LogP contribution in [0, 0.1) is 0 Å². The third-order valence-electron chi connectivity index (χ3n) is 2.27. The van der Waals surface area contributed by atoms with Crippen LogP contribution in [0.25, 0.3) is 0 Å². The number of benzene rings is 1. The number of nitrogen functional groups attached to an aromatic ring is 1. The molecule has 0 unspecified atom stereocenters. The molecule has 88 valence electrons. The summed E-state index contributed by atoms with van der Waals surface area (Å²) in [6, 6.07) is 11.4. The molecule has 0 aliphatic heterocycles. The molecule has 5 nitrogen and oxygen atoms in total. The Hall–Kier alpha value is -2.27.